The Hall–Kier alpha value is -1.06. The minimum Gasteiger partial charge on any atom is -0.353 e. The third-order valence-electron chi connectivity index (χ3n) is 13.3. The zero-order chi connectivity index (χ0) is 23.4. The first-order valence-electron chi connectivity index (χ1n) is 14.9. The molecule has 8 fully saturated rings. The van der Waals surface area contributed by atoms with E-state index in [-0.39, 0.29) is 22.7 Å². The molecule has 8 atom stereocenters. The fraction of sp³-hybridized carbons (Fsp3) is 0.933. The highest BCUT2D eigenvalue weighted by molar-refractivity contribution is 5.81. The summed E-state index contributed by atoms with van der Waals surface area (Å²) < 4.78 is 0. The second kappa shape index (κ2) is 7.48. The van der Waals surface area contributed by atoms with Gasteiger partial charge >= 0.3 is 0 Å². The maximum absolute atomic E-state index is 14.0. The fourth-order valence-corrected chi connectivity index (χ4v) is 12.0. The molecule has 7 aliphatic carbocycles. The Morgan fingerprint density at radius 2 is 1.59 bits per heavy atom. The van der Waals surface area contributed by atoms with Gasteiger partial charge in [-0.05, 0) is 129 Å². The van der Waals surface area contributed by atoms with Crippen LogP contribution in [0.25, 0.3) is 0 Å². The molecule has 2 amide bonds. The number of carbonyl (C=O) groups is 2. The second-order valence-electron chi connectivity index (χ2n) is 14.8. The number of carbonyl (C=O) groups excluding carboxylic acids is 2. The highest BCUT2D eigenvalue weighted by atomic mass is 16.2. The summed E-state index contributed by atoms with van der Waals surface area (Å²) in [5.41, 5.74) is 0.403. The van der Waals surface area contributed by atoms with Gasteiger partial charge in [0.2, 0.25) is 11.8 Å². The van der Waals surface area contributed by atoms with E-state index < -0.39 is 0 Å². The number of nitrogens with one attached hydrogen (secondary N) is 2. The van der Waals surface area contributed by atoms with E-state index in [0.717, 1.165) is 42.4 Å². The van der Waals surface area contributed by atoms with Gasteiger partial charge in [0, 0.05) is 24.4 Å². The summed E-state index contributed by atoms with van der Waals surface area (Å²) in [6.07, 6.45) is 14.8. The summed E-state index contributed by atoms with van der Waals surface area (Å²) in [7, 11) is 0. The Morgan fingerprint density at radius 3 is 2.29 bits per heavy atom. The molecule has 2 N–H and O–H groups in total. The summed E-state index contributed by atoms with van der Waals surface area (Å²) in [6.45, 7) is 7.36. The lowest BCUT2D eigenvalue weighted by atomic mass is 9.47. The molecule has 7 saturated carbocycles. The van der Waals surface area contributed by atoms with Crippen LogP contribution >= 0.6 is 0 Å². The Morgan fingerprint density at radius 1 is 0.882 bits per heavy atom. The molecule has 4 heteroatoms. The quantitative estimate of drug-likeness (QED) is 0.579. The van der Waals surface area contributed by atoms with Crippen LogP contribution < -0.4 is 10.6 Å². The van der Waals surface area contributed by atoms with Crippen LogP contribution in [0.2, 0.25) is 0 Å². The molecule has 0 aromatic rings. The molecule has 0 aromatic carbocycles. The van der Waals surface area contributed by atoms with Crippen molar-refractivity contribution in [1.29, 1.82) is 0 Å². The van der Waals surface area contributed by atoms with E-state index in [1.165, 1.54) is 57.8 Å². The number of fused-ring (bicyclic) bond motifs is 5. The van der Waals surface area contributed by atoms with Crippen molar-refractivity contribution in [1.82, 2.24) is 10.6 Å². The molecule has 0 spiro atoms. The standard InChI is InChI=1S/C30H46N2O2/c1-16-10-23-21-4-5-24-29(2,9-7-25(33)31-24)22(21)6-8-30(23,3)26(16)28(34)32-27-19-12-17-11-18(14-19)15-20(27)13-17/h16-24,26-27H,4-15H2,1-3H3,(H,31,33)(H,32,34)/t16?,17?,18?,19?,20?,21-,22-,23+,24?,26?,27?,29-,30+/m1/s1. The number of hydrogen-bond donors (Lipinski definition) is 2. The van der Waals surface area contributed by atoms with Crippen LogP contribution in [0.5, 0.6) is 0 Å². The molecule has 4 bridgehead atoms. The van der Waals surface area contributed by atoms with Crippen molar-refractivity contribution in [3.63, 3.8) is 0 Å². The first-order valence-corrected chi connectivity index (χ1v) is 14.9. The maximum Gasteiger partial charge on any atom is 0.224 e. The van der Waals surface area contributed by atoms with Crippen LogP contribution in [0.15, 0.2) is 0 Å². The van der Waals surface area contributed by atoms with Gasteiger partial charge in [0.05, 0.1) is 0 Å². The highest BCUT2D eigenvalue weighted by Gasteiger charge is 2.63. The number of rotatable bonds is 2. The molecule has 1 heterocycles. The predicted octanol–water partition coefficient (Wildman–Crippen LogP) is 5.31. The van der Waals surface area contributed by atoms with Gasteiger partial charge in [-0.2, -0.15) is 0 Å². The van der Waals surface area contributed by atoms with Crippen molar-refractivity contribution in [2.45, 2.75) is 110 Å². The number of piperidine rings is 1. The van der Waals surface area contributed by atoms with Crippen molar-refractivity contribution in [3.8, 4) is 0 Å². The zero-order valence-corrected chi connectivity index (χ0v) is 21.7. The largest absolute Gasteiger partial charge is 0.353 e. The predicted molar refractivity (Wildman–Crippen MR) is 133 cm³/mol. The van der Waals surface area contributed by atoms with Crippen molar-refractivity contribution < 1.29 is 9.59 Å². The minimum absolute atomic E-state index is 0.150. The zero-order valence-electron chi connectivity index (χ0n) is 21.7. The summed E-state index contributed by atoms with van der Waals surface area (Å²) in [6, 6.07) is 0.834. The molecule has 0 aromatic heterocycles. The van der Waals surface area contributed by atoms with Crippen LogP contribution in [-0.4, -0.2) is 23.9 Å². The first-order chi connectivity index (χ1) is 16.3. The molecule has 0 radical (unpaired) electrons. The maximum atomic E-state index is 14.0. The van der Waals surface area contributed by atoms with Gasteiger partial charge < -0.3 is 10.6 Å². The van der Waals surface area contributed by atoms with Gasteiger partial charge in [-0.3, -0.25) is 9.59 Å². The average Bonchev–Trinajstić information content (AvgIpc) is 3.06. The lowest BCUT2D eigenvalue weighted by Crippen LogP contribution is -2.61. The van der Waals surface area contributed by atoms with Gasteiger partial charge in [-0.25, -0.2) is 0 Å². The monoisotopic (exact) mass is 466 g/mol. The van der Waals surface area contributed by atoms with Gasteiger partial charge in [0.25, 0.3) is 0 Å². The van der Waals surface area contributed by atoms with E-state index in [1.54, 1.807) is 0 Å². The third kappa shape index (κ3) is 3.01. The lowest BCUT2D eigenvalue weighted by Gasteiger charge is -2.60. The molecule has 4 nitrogen and oxygen atoms in total. The van der Waals surface area contributed by atoms with Crippen molar-refractivity contribution in [2.24, 2.45) is 64.1 Å². The van der Waals surface area contributed by atoms with Crippen molar-refractivity contribution in [3.05, 3.63) is 0 Å². The molecule has 1 aliphatic heterocycles. The molecule has 34 heavy (non-hydrogen) atoms. The molecule has 3 unspecified atom stereocenters. The summed E-state index contributed by atoms with van der Waals surface area (Å²) in [5, 5.41) is 7.10. The molecule has 8 rings (SSSR count). The topological polar surface area (TPSA) is 58.2 Å². The van der Waals surface area contributed by atoms with E-state index in [1.807, 2.05) is 0 Å². The molecule has 188 valence electrons. The second-order valence-corrected chi connectivity index (χ2v) is 14.8. The Balaban J connectivity index is 1.11. The highest BCUT2D eigenvalue weighted by Crippen LogP contribution is 2.67. The van der Waals surface area contributed by atoms with Crippen LogP contribution in [0.3, 0.4) is 0 Å². The Kier molecular flexibility index (Phi) is 4.87. The molecule has 8 aliphatic rings. The van der Waals surface area contributed by atoms with Crippen LogP contribution in [0, 0.1) is 64.1 Å². The fourth-order valence-electron chi connectivity index (χ4n) is 12.0. The van der Waals surface area contributed by atoms with Crippen LogP contribution in [0.1, 0.15) is 97.8 Å². The minimum atomic E-state index is 0.150. The van der Waals surface area contributed by atoms with Gasteiger partial charge in [0.15, 0.2) is 0 Å². The smallest absolute Gasteiger partial charge is 0.224 e. The van der Waals surface area contributed by atoms with Gasteiger partial charge in [-0.15, -0.1) is 0 Å². The van der Waals surface area contributed by atoms with Gasteiger partial charge in [-0.1, -0.05) is 20.8 Å². The van der Waals surface area contributed by atoms with Crippen LogP contribution in [0.4, 0.5) is 0 Å². The van der Waals surface area contributed by atoms with E-state index in [9.17, 15) is 9.59 Å². The number of hydrogen-bond acceptors (Lipinski definition) is 2. The molecular weight excluding hydrogens is 420 g/mol. The first kappa shape index (κ1) is 22.2. The SMILES string of the molecule is CC1C[C@H]2[C@@H]3CCC4NC(=O)CC[C@]4(C)[C@@H]3CC[C@]2(C)C1C(=O)NC1C2CC3CC(C2)CC1C3. The average molecular weight is 467 g/mol. The van der Waals surface area contributed by atoms with E-state index in [0.29, 0.717) is 42.2 Å². The lowest BCUT2D eigenvalue weighted by molar-refractivity contribution is -0.144. The molecular formula is C30H46N2O2. The summed E-state index contributed by atoms with van der Waals surface area (Å²) in [5.74, 6) is 6.90. The third-order valence-corrected chi connectivity index (χ3v) is 13.3. The van der Waals surface area contributed by atoms with E-state index >= 15 is 0 Å². The Labute approximate surface area is 206 Å². The van der Waals surface area contributed by atoms with Crippen molar-refractivity contribution >= 4 is 11.8 Å². The van der Waals surface area contributed by atoms with Gasteiger partial charge in [0.1, 0.15) is 0 Å². The summed E-state index contributed by atoms with van der Waals surface area (Å²) in [4.78, 5) is 26.2. The Bertz CT molecular complexity index is 857. The summed E-state index contributed by atoms with van der Waals surface area (Å²) >= 11 is 0. The number of amides is 2. The van der Waals surface area contributed by atoms with Crippen LogP contribution in [-0.2, 0) is 9.59 Å². The van der Waals surface area contributed by atoms with E-state index in [4.69, 9.17) is 0 Å². The molecule has 1 saturated heterocycles. The van der Waals surface area contributed by atoms with E-state index in [2.05, 4.69) is 31.4 Å². The van der Waals surface area contributed by atoms with Crippen molar-refractivity contribution in [2.75, 3.05) is 0 Å². The normalized spacial score (nSPS) is 57.4.